The lowest BCUT2D eigenvalue weighted by Gasteiger charge is -2.10. The average Bonchev–Trinajstić information content (AvgIpc) is 2.37. The molecule has 3 nitrogen and oxygen atoms in total. The van der Waals surface area contributed by atoms with Crippen molar-refractivity contribution >= 4 is 17.3 Å². The molecule has 0 aliphatic rings. The number of benzene rings is 2. The lowest BCUT2D eigenvalue weighted by Crippen LogP contribution is -2.13. The van der Waals surface area contributed by atoms with Gasteiger partial charge in [-0.25, -0.2) is 0 Å². The summed E-state index contributed by atoms with van der Waals surface area (Å²) in [5, 5.41) is 2.92. The van der Waals surface area contributed by atoms with Crippen molar-refractivity contribution in [2.45, 2.75) is 20.8 Å². The highest BCUT2D eigenvalue weighted by molar-refractivity contribution is 6.05. The van der Waals surface area contributed by atoms with Gasteiger partial charge in [0.1, 0.15) is 0 Å². The van der Waals surface area contributed by atoms with Gasteiger partial charge < -0.3 is 11.1 Å². The lowest BCUT2D eigenvalue weighted by molar-refractivity contribution is 0.102. The molecular weight excluding hydrogens is 236 g/mol. The first kappa shape index (κ1) is 13.1. The number of nitrogens with one attached hydrogen (secondary N) is 1. The van der Waals surface area contributed by atoms with E-state index in [-0.39, 0.29) is 5.91 Å². The van der Waals surface area contributed by atoms with Crippen LogP contribution in [-0.4, -0.2) is 5.91 Å². The summed E-state index contributed by atoms with van der Waals surface area (Å²) in [6.07, 6.45) is 0. The van der Waals surface area contributed by atoms with Crippen molar-refractivity contribution in [2.75, 3.05) is 11.1 Å². The number of anilines is 2. The highest BCUT2D eigenvalue weighted by Gasteiger charge is 2.09. The molecule has 0 aliphatic heterocycles. The molecule has 1 amide bonds. The molecule has 98 valence electrons. The number of hydrogen-bond donors (Lipinski definition) is 2. The van der Waals surface area contributed by atoms with E-state index in [0.29, 0.717) is 11.3 Å². The second kappa shape index (κ2) is 5.14. The molecule has 0 radical (unpaired) electrons. The van der Waals surface area contributed by atoms with Crippen LogP contribution in [-0.2, 0) is 0 Å². The highest BCUT2D eigenvalue weighted by atomic mass is 16.1. The maximum Gasteiger partial charge on any atom is 0.255 e. The van der Waals surface area contributed by atoms with E-state index in [4.69, 9.17) is 5.73 Å². The quantitative estimate of drug-likeness (QED) is 0.806. The SMILES string of the molecule is Cc1ccc(C)c(NC(=O)c2ccc(C)c(N)c2)c1. The molecule has 0 spiro atoms. The molecule has 0 aliphatic carbocycles. The van der Waals surface area contributed by atoms with Crippen LogP contribution in [0.3, 0.4) is 0 Å². The molecule has 0 saturated carbocycles. The molecule has 0 aromatic heterocycles. The number of carbonyl (C=O) groups is 1. The average molecular weight is 254 g/mol. The molecule has 0 fully saturated rings. The van der Waals surface area contributed by atoms with Crippen molar-refractivity contribution in [3.63, 3.8) is 0 Å². The van der Waals surface area contributed by atoms with Crippen LogP contribution >= 0.6 is 0 Å². The summed E-state index contributed by atoms with van der Waals surface area (Å²) in [6.45, 7) is 5.89. The zero-order chi connectivity index (χ0) is 14.0. The Hall–Kier alpha value is -2.29. The van der Waals surface area contributed by atoms with Gasteiger partial charge in [0.2, 0.25) is 0 Å². The molecule has 2 aromatic rings. The van der Waals surface area contributed by atoms with Gasteiger partial charge in [-0.05, 0) is 55.7 Å². The van der Waals surface area contributed by atoms with Crippen LogP contribution in [0.15, 0.2) is 36.4 Å². The van der Waals surface area contributed by atoms with Gasteiger partial charge in [-0.3, -0.25) is 4.79 Å². The van der Waals surface area contributed by atoms with Crippen LogP contribution in [0, 0.1) is 20.8 Å². The van der Waals surface area contributed by atoms with Gasteiger partial charge in [0, 0.05) is 16.9 Å². The number of rotatable bonds is 2. The summed E-state index contributed by atoms with van der Waals surface area (Å²) >= 11 is 0. The molecule has 0 saturated heterocycles. The first-order valence-electron chi connectivity index (χ1n) is 6.22. The van der Waals surface area contributed by atoms with Crippen LogP contribution in [0.5, 0.6) is 0 Å². The molecule has 0 bridgehead atoms. The van der Waals surface area contributed by atoms with Crippen molar-refractivity contribution < 1.29 is 4.79 Å². The zero-order valence-electron chi connectivity index (χ0n) is 11.4. The molecule has 19 heavy (non-hydrogen) atoms. The minimum absolute atomic E-state index is 0.139. The van der Waals surface area contributed by atoms with E-state index in [2.05, 4.69) is 5.32 Å². The minimum atomic E-state index is -0.139. The molecular formula is C16H18N2O. The van der Waals surface area contributed by atoms with Gasteiger partial charge in [0.25, 0.3) is 5.91 Å². The summed E-state index contributed by atoms with van der Waals surface area (Å²) in [6, 6.07) is 11.3. The Bertz CT molecular complexity index is 633. The first-order chi connectivity index (χ1) is 8.97. The molecule has 3 N–H and O–H groups in total. The fraction of sp³-hybridized carbons (Fsp3) is 0.188. The Morgan fingerprint density at radius 2 is 1.68 bits per heavy atom. The van der Waals surface area contributed by atoms with Crippen LogP contribution in [0.25, 0.3) is 0 Å². The highest BCUT2D eigenvalue weighted by Crippen LogP contribution is 2.19. The van der Waals surface area contributed by atoms with Gasteiger partial charge in [0.15, 0.2) is 0 Å². The fourth-order valence-electron chi connectivity index (χ4n) is 1.85. The van der Waals surface area contributed by atoms with Crippen molar-refractivity contribution in [3.05, 3.63) is 58.7 Å². The first-order valence-corrected chi connectivity index (χ1v) is 6.22. The summed E-state index contributed by atoms with van der Waals surface area (Å²) in [5.74, 6) is -0.139. The van der Waals surface area contributed by atoms with Crippen molar-refractivity contribution in [1.29, 1.82) is 0 Å². The van der Waals surface area contributed by atoms with Crippen molar-refractivity contribution in [3.8, 4) is 0 Å². The lowest BCUT2D eigenvalue weighted by atomic mass is 10.1. The van der Waals surface area contributed by atoms with Crippen LogP contribution in [0.2, 0.25) is 0 Å². The number of aryl methyl sites for hydroxylation is 3. The monoisotopic (exact) mass is 254 g/mol. The smallest absolute Gasteiger partial charge is 0.255 e. The predicted molar refractivity (Wildman–Crippen MR) is 79.5 cm³/mol. The van der Waals surface area contributed by atoms with E-state index in [1.54, 1.807) is 12.1 Å². The molecule has 2 aromatic carbocycles. The second-order valence-electron chi connectivity index (χ2n) is 4.84. The van der Waals surface area contributed by atoms with E-state index in [9.17, 15) is 4.79 Å². The number of nitrogens with two attached hydrogens (primary N) is 1. The standard InChI is InChI=1S/C16H18N2O/c1-10-4-5-12(3)15(8-10)18-16(19)13-7-6-11(2)14(17)9-13/h4-9H,17H2,1-3H3,(H,18,19). The topological polar surface area (TPSA) is 55.1 Å². The minimum Gasteiger partial charge on any atom is -0.398 e. The Morgan fingerprint density at radius 1 is 1.00 bits per heavy atom. The van der Waals surface area contributed by atoms with Gasteiger partial charge >= 0.3 is 0 Å². The van der Waals surface area contributed by atoms with E-state index in [1.165, 1.54) is 0 Å². The molecule has 0 atom stereocenters. The predicted octanol–water partition coefficient (Wildman–Crippen LogP) is 3.45. The van der Waals surface area contributed by atoms with Gasteiger partial charge in [-0.2, -0.15) is 0 Å². The number of hydrogen-bond acceptors (Lipinski definition) is 2. The molecule has 0 heterocycles. The van der Waals surface area contributed by atoms with E-state index in [1.807, 2.05) is 45.0 Å². The second-order valence-corrected chi connectivity index (χ2v) is 4.84. The maximum atomic E-state index is 12.2. The zero-order valence-corrected chi connectivity index (χ0v) is 11.4. The Kier molecular flexibility index (Phi) is 3.56. The van der Waals surface area contributed by atoms with E-state index < -0.39 is 0 Å². The van der Waals surface area contributed by atoms with Crippen LogP contribution in [0.4, 0.5) is 11.4 Å². The van der Waals surface area contributed by atoms with Crippen LogP contribution < -0.4 is 11.1 Å². The normalized spacial score (nSPS) is 10.3. The van der Waals surface area contributed by atoms with Crippen molar-refractivity contribution in [1.82, 2.24) is 0 Å². The summed E-state index contributed by atoms with van der Waals surface area (Å²) in [4.78, 5) is 12.2. The van der Waals surface area contributed by atoms with Crippen LogP contribution in [0.1, 0.15) is 27.0 Å². The Balaban J connectivity index is 2.25. The van der Waals surface area contributed by atoms with Gasteiger partial charge in [0.05, 0.1) is 0 Å². The van der Waals surface area contributed by atoms with E-state index >= 15 is 0 Å². The summed E-state index contributed by atoms with van der Waals surface area (Å²) in [5.41, 5.74) is 11.0. The number of amides is 1. The Labute approximate surface area is 113 Å². The molecule has 0 unspecified atom stereocenters. The number of carbonyl (C=O) groups excluding carboxylic acids is 1. The summed E-state index contributed by atoms with van der Waals surface area (Å²) < 4.78 is 0. The Morgan fingerprint density at radius 3 is 2.37 bits per heavy atom. The van der Waals surface area contributed by atoms with Gasteiger partial charge in [-0.15, -0.1) is 0 Å². The van der Waals surface area contributed by atoms with Gasteiger partial charge in [-0.1, -0.05) is 18.2 Å². The summed E-state index contributed by atoms with van der Waals surface area (Å²) in [7, 11) is 0. The third kappa shape index (κ3) is 2.94. The number of nitrogen functional groups attached to an aromatic ring is 1. The van der Waals surface area contributed by atoms with E-state index in [0.717, 1.165) is 22.4 Å². The molecule has 2 rings (SSSR count). The fourth-order valence-corrected chi connectivity index (χ4v) is 1.85. The maximum absolute atomic E-state index is 12.2. The third-order valence-electron chi connectivity index (χ3n) is 3.18. The van der Waals surface area contributed by atoms with Crippen molar-refractivity contribution in [2.24, 2.45) is 0 Å². The molecule has 3 heteroatoms. The largest absolute Gasteiger partial charge is 0.398 e. The third-order valence-corrected chi connectivity index (χ3v) is 3.18.